The van der Waals surface area contributed by atoms with Crippen molar-refractivity contribution in [1.29, 1.82) is 0 Å². The lowest BCUT2D eigenvalue weighted by atomic mass is 10.1. The summed E-state index contributed by atoms with van der Waals surface area (Å²) in [6.45, 7) is 4.26. The van der Waals surface area contributed by atoms with Gasteiger partial charge in [-0.05, 0) is 23.4 Å². The number of thiophene rings is 1. The molecule has 0 spiro atoms. The molecule has 0 saturated heterocycles. The van der Waals surface area contributed by atoms with Gasteiger partial charge in [-0.1, -0.05) is 13.8 Å². The lowest BCUT2D eigenvalue weighted by Gasteiger charge is -2.10. The quantitative estimate of drug-likeness (QED) is 0.792. The van der Waals surface area contributed by atoms with E-state index in [1.807, 2.05) is 30.8 Å². The molecule has 0 fully saturated rings. The molecule has 0 saturated carbocycles. The first-order chi connectivity index (χ1) is 9.67. The topological polar surface area (TPSA) is 50.7 Å². The molecule has 3 aromatic rings. The number of anilines is 1. The van der Waals surface area contributed by atoms with Crippen molar-refractivity contribution < 1.29 is 0 Å². The Kier molecular flexibility index (Phi) is 3.36. The Morgan fingerprint density at radius 3 is 2.80 bits per heavy atom. The molecule has 4 nitrogen and oxygen atoms in total. The predicted molar refractivity (Wildman–Crippen MR) is 84.3 cm³/mol. The van der Waals surface area contributed by atoms with Gasteiger partial charge in [0.2, 0.25) is 0 Å². The van der Waals surface area contributed by atoms with Crippen LogP contribution >= 0.6 is 11.3 Å². The second-order valence-electron chi connectivity index (χ2n) is 4.93. The van der Waals surface area contributed by atoms with Crippen LogP contribution in [0.1, 0.15) is 25.5 Å². The van der Waals surface area contributed by atoms with Gasteiger partial charge in [0.15, 0.2) is 5.82 Å². The number of pyridine rings is 1. The fraction of sp³-hybridized carbons (Fsp3) is 0.267. The van der Waals surface area contributed by atoms with Gasteiger partial charge in [0.25, 0.3) is 0 Å². The maximum Gasteiger partial charge on any atom is 0.163 e. The van der Waals surface area contributed by atoms with E-state index in [2.05, 4.69) is 40.2 Å². The average molecular weight is 284 g/mol. The molecule has 3 rings (SSSR count). The van der Waals surface area contributed by atoms with E-state index >= 15 is 0 Å². The number of aromatic nitrogens is 3. The Morgan fingerprint density at radius 1 is 1.20 bits per heavy atom. The van der Waals surface area contributed by atoms with Gasteiger partial charge in [-0.25, -0.2) is 9.97 Å². The maximum absolute atomic E-state index is 4.66. The van der Waals surface area contributed by atoms with Crippen LogP contribution < -0.4 is 5.32 Å². The molecule has 5 heteroatoms. The largest absolute Gasteiger partial charge is 0.373 e. The minimum atomic E-state index is 0.363. The average Bonchev–Trinajstić information content (AvgIpc) is 2.94. The van der Waals surface area contributed by atoms with Crippen molar-refractivity contribution in [1.82, 2.24) is 15.0 Å². The summed E-state index contributed by atoms with van der Waals surface area (Å²) in [5.41, 5.74) is 3.01. The number of nitrogens with one attached hydrogen (secondary N) is 1. The van der Waals surface area contributed by atoms with Gasteiger partial charge < -0.3 is 5.32 Å². The Bertz CT molecular complexity index is 748. The molecule has 0 aliphatic rings. The number of hydrogen-bond donors (Lipinski definition) is 1. The van der Waals surface area contributed by atoms with E-state index in [0.717, 1.165) is 33.1 Å². The monoisotopic (exact) mass is 284 g/mol. The van der Waals surface area contributed by atoms with E-state index in [1.165, 1.54) is 0 Å². The summed E-state index contributed by atoms with van der Waals surface area (Å²) in [4.78, 5) is 13.7. The van der Waals surface area contributed by atoms with E-state index in [1.54, 1.807) is 11.3 Å². The van der Waals surface area contributed by atoms with Crippen LogP contribution in [0.5, 0.6) is 0 Å². The Morgan fingerprint density at radius 2 is 2.05 bits per heavy atom. The summed E-state index contributed by atoms with van der Waals surface area (Å²) in [6, 6.07) is 6.12. The molecular weight excluding hydrogens is 268 g/mol. The first-order valence-electron chi connectivity index (χ1n) is 6.57. The summed E-state index contributed by atoms with van der Waals surface area (Å²) in [7, 11) is 1.87. The van der Waals surface area contributed by atoms with Crippen LogP contribution in [0.2, 0.25) is 0 Å². The predicted octanol–water partition coefficient (Wildman–Crippen LogP) is 3.92. The normalized spacial score (nSPS) is 11.2. The second kappa shape index (κ2) is 5.17. The molecule has 0 radical (unpaired) electrons. The van der Waals surface area contributed by atoms with Gasteiger partial charge in [-0.2, -0.15) is 0 Å². The van der Waals surface area contributed by atoms with Gasteiger partial charge in [0, 0.05) is 30.6 Å². The standard InChI is InChI=1S/C15H16N4S/c1-9(2)12-7-14(16-3)19-15(18-12)10-6-13-11(17-8-10)4-5-20-13/h4-9H,1-3H3,(H,16,18,19). The van der Waals surface area contributed by atoms with Crippen LogP contribution in [0, 0.1) is 0 Å². The number of rotatable bonds is 3. The highest BCUT2D eigenvalue weighted by molar-refractivity contribution is 7.17. The van der Waals surface area contributed by atoms with Gasteiger partial charge in [-0.15, -0.1) is 11.3 Å². The van der Waals surface area contributed by atoms with E-state index < -0.39 is 0 Å². The molecule has 3 aromatic heterocycles. The molecule has 0 aliphatic heterocycles. The van der Waals surface area contributed by atoms with Crippen LogP contribution in [0.3, 0.4) is 0 Å². The molecule has 0 bridgehead atoms. The van der Waals surface area contributed by atoms with E-state index in [4.69, 9.17) is 0 Å². The molecule has 0 atom stereocenters. The lowest BCUT2D eigenvalue weighted by Crippen LogP contribution is -2.02. The third kappa shape index (κ3) is 2.36. The van der Waals surface area contributed by atoms with E-state index in [-0.39, 0.29) is 0 Å². The minimum Gasteiger partial charge on any atom is -0.373 e. The highest BCUT2D eigenvalue weighted by Crippen LogP contribution is 2.26. The molecule has 1 N–H and O–H groups in total. The fourth-order valence-electron chi connectivity index (χ4n) is 1.99. The molecule has 0 amide bonds. The molecule has 0 unspecified atom stereocenters. The zero-order valence-electron chi connectivity index (χ0n) is 11.7. The zero-order chi connectivity index (χ0) is 14.1. The maximum atomic E-state index is 4.66. The highest BCUT2D eigenvalue weighted by Gasteiger charge is 2.10. The molecule has 102 valence electrons. The summed E-state index contributed by atoms with van der Waals surface area (Å²) >= 11 is 1.68. The van der Waals surface area contributed by atoms with E-state index in [0.29, 0.717) is 5.92 Å². The van der Waals surface area contributed by atoms with Gasteiger partial charge in [-0.3, -0.25) is 4.98 Å². The smallest absolute Gasteiger partial charge is 0.163 e. The van der Waals surface area contributed by atoms with Crippen molar-refractivity contribution in [2.24, 2.45) is 0 Å². The van der Waals surface area contributed by atoms with Crippen molar-refractivity contribution in [3.63, 3.8) is 0 Å². The molecular formula is C15H16N4S. The second-order valence-corrected chi connectivity index (χ2v) is 5.88. The lowest BCUT2D eigenvalue weighted by molar-refractivity contribution is 0.817. The summed E-state index contributed by atoms with van der Waals surface area (Å²) in [6.07, 6.45) is 1.84. The third-order valence-electron chi connectivity index (χ3n) is 3.15. The van der Waals surface area contributed by atoms with E-state index in [9.17, 15) is 0 Å². The van der Waals surface area contributed by atoms with Crippen molar-refractivity contribution in [2.75, 3.05) is 12.4 Å². The van der Waals surface area contributed by atoms with Crippen molar-refractivity contribution in [3.8, 4) is 11.4 Å². The number of hydrogen-bond acceptors (Lipinski definition) is 5. The van der Waals surface area contributed by atoms with Gasteiger partial charge >= 0.3 is 0 Å². The van der Waals surface area contributed by atoms with Crippen molar-refractivity contribution in [2.45, 2.75) is 19.8 Å². The zero-order valence-corrected chi connectivity index (χ0v) is 12.5. The number of nitrogens with zero attached hydrogens (tertiary/aromatic N) is 3. The minimum absolute atomic E-state index is 0.363. The van der Waals surface area contributed by atoms with Crippen LogP contribution in [-0.4, -0.2) is 22.0 Å². The summed E-state index contributed by atoms with van der Waals surface area (Å²) in [5.74, 6) is 1.93. The van der Waals surface area contributed by atoms with Gasteiger partial charge in [0.1, 0.15) is 5.82 Å². The Hall–Kier alpha value is -2.01. The summed E-state index contributed by atoms with van der Waals surface area (Å²) in [5, 5.41) is 5.14. The first kappa shape index (κ1) is 13.0. The highest BCUT2D eigenvalue weighted by atomic mass is 32.1. The summed E-state index contributed by atoms with van der Waals surface area (Å²) < 4.78 is 1.16. The Balaban J connectivity index is 2.14. The SMILES string of the molecule is CNc1cc(C(C)C)nc(-c2cnc3ccsc3c2)n1. The van der Waals surface area contributed by atoms with Crippen LogP contribution in [-0.2, 0) is 0 Å². The van der Waals surface area contributed by atoms with Crippen molar-refractivity contribution >= 4 is 27.4 Å². The molecule has 20 heavy (non-hydrogen) atoms. The van der Waals surface area contributed by atoms with Crippen molar-refractivity contribution in [3.05, 3.63) is 35.5 Å². The fourth-order valence-corrected chi connectivity index (χ4v) is 2.77. The third-order valence-corrected chi connectivity index (χ3v) is 4.01. The van der Waals surface area contributed by atoms with Crippen LogP contribution in [0.25, 0.3) is 21.6 Å². The molecule has 0 aromatic carbocycles. The van der Waals surface area contributed by atoms with Crippen LogP contribution in [0.15, 0.2) is 29.8 Å². The Labute approximate surface area is 121 Å². The number of fused-ring (bicyclic) bond motifs is 1. The van der Waals surface area contributed by atoms with Gasteiger partial charge in [0.05, 0.1) is 10.2 Å². The molecule has 3 heterocycles. The molecule has 0 aliphatic carbocycles. The van der Waals surface area contributed by atoms with Crippen LogP contribution in [0.4, 0.5) is 5.82 Å². The first-order valence-corrected chi connectivity index (χ1v) is 7.45.